The van der Waals surface area contributed by atoms with Crippen molar-refractivity contribution in [3.63, 3.8) is 0 Å². The molecule has 2 aromatic heterocycles. The zero-order valence-corrected chi connectivity index (χ0v) is 15.3. The first-order chi connectivity index (χ1) is 12.9. The molecule has 0 atom stereocenters. The van der Waals surface area contributed by atoms with E-state index in [9.17, 15) is 14.0 Å². The molecule has 1 aromatic carbocycles. The molecule has 0 radical (unpaired) electrons. The maximum atomic E-state index is 14.5. The fourth-order valence-electron chi connectivity index (χ4n) is 2.77. The van der Waals surface area contributed by atoms with Crippen LogP contribution in [0.2, 0.25) is 0 Å². The van der Waals surface area contributed by atoms with Gasteiger partial charge in [-0.25, -0.2) is 13.9 Å². The van der Waals surface area contributed by atoms with E-state index in [-0.39, 0.29) is 24.1 Å². The van der Waals surface area contributed by atoms with Crippen LogP contribution in [0.15, 0.2) is 30.3 Å². The molecule has 0 bridgehead atoms. The first-order valence-electron chi connectivity index (χ1n) is 8.27. The van der Waals surface area contributed by atoms with E-state index in [1.54, 1.807) is 28.8 Å². The van der Waals surface area contributed by atoms with Gasteiger partial charge in [-0.2, -0.15) is 5.10 Å². The fourth-order valence-corrected chi connectivity index (χ4v) is 2.88. The molecule has 0 saturated carbocycles. The van der Waals surface area contributed by atoms with Gasteiger partial charge in [0.25, 0.3) is 5.91 Å². The van der Waals surface area contributed by atoms with Crippen LogP contribution < -0.4 is 4.72 Å². The van der Waals surface area contributed by atoms with Crippen molar-refractivity contribution in [3.8, 4) is 11.3 Å². The predicted octanol–water partition coefficient (Wildman–Crippen LogP) is 2.69. The number of nitrogens with zero attached hydrogens (tertiary/aromatic N) is 3. The number of carboxylic acid groups (broad SMARTS) is 1. The highest BCUT2D eigenvalue weighted by Gasteiger charge is 2.16. The number of rotatable bonds is 6. The number of amides is 1. The molecule has 1 amide bonds. The predicted molar refractivity (Wildman–Crippen MR) is 100 cm³/mol. The second-order valence-electron chi connectivity index (χ2n) is 5.93. The molecule has 3 aromatic rings. The van der Waals surface area contributed by atoms with Gasteiger partial charge in [0, 0.05) is 23.7 Å². The monoisotopic (exact) mass is 388 g/mol. The Balaban J connectivity index is 2.02. The molecular weight excluding hydrogens is 371 g/mol. The third-order valence-corrected chi connectivity index (χ3v) is 4.34. The summed E-state index contributed by atoms with van der Waals surface area (Å²) in [6.45, 7) is 1.91. The van der Waals surface area contributed by atoms with Crippen molar-refractivity contribution in [2.45, 2.75) is 26.2 Å². The highest BCUT2D eigenvalue weighted by Crippen LogP contribution is 2.25. The van der Waals surface area contributed by atoms with Gasteiger partial charge in [0.2, 0.25) is 0 Å². The molecule has 0 aliphatic carbocycles. The lowest BCUT2D eigenvalue weighted by molar-refractivity contribution is -0.136. The van der Waals surface area contributed by atoms with Crippen LogP contribution in [0.25, 0.3) is 16.9 Å². The smallest absolute Gasteiger partial charge is 0.303 e. The van der Waals surface area contributed by atoms with E-state index in [0.717, 1.165) is 5.69 Å². The number of nitrogens with one attached hydrogen (secondary N) is 1. The van der Waals surface area contributed by atoms with Gasteiger partial charge in [0.05, 0.1) is 5.69 Å². The van der Waals surface area contributed by atoms with Crippen molar-refractivity contribution in [2.24, 2.45) is 0 Å². The minimum absolute atomic E-state index is 0.0626. The number of carboxylic acids is 1. The summed E-state index contributed by atoms with van der Waals surface area (Å²) in [5.74, 6) is -1.86. The van der Waals surface area contributed by atoms with E-state index in [1.165, 1.54) is 6.07 Å². The number of hydrogen-bond acceptors (Lipinski definition) is 5. The standard InChI is InChI=1S/C18H17FN4O3S/c1-2-11-8-15(18(26)22-27)20-16-9-14(21-23(11)16)12-5-3-10(7-13(12)19)4-6-17(24)25/h3,5,7-9,27H,2,4,6H2,1H3,(H,22,26)(H,24,25). The lowest BCUT2D eigenvalue weighted by Crippen LogP contribution is -2.16. The lowest BCUT2D eigenvalue weighted by atomic mass is 10.0. The van der Waals surface area contributed by atoms with E-state index >= 15 is 0 Å². The van der Waals surface area contributed by atoms with Crippen molar-refractivity contribution >= 4 is 30.3 Å². The molecule has 2 heterocycles. The van der Waals surface area contributed by atoms with E-state index in [2.05, 4.69) is 27.6 Å². The Labute approximate surface area is 159 Å². The molecule has 0 aliphatic heterocycles. The molecule has 0 saturated heterocycles. The highest BCUT2D eigenvalue weighted by atomic mass is 32.1. The normalized spacial score (nSPS) is 10.9. The quantitative estimate of drug-likeness (QED) is 0.564. The number of halogens is 1. The maximum absolute atomic E-state index is 14.5. The number of carbonyl (C=O) groups excluding carboxylic acids is 1. The van der Waals surface area contributed by atoms with Gasteiger partial charge in [0.15, 0.2) is 5.65 Å². The second-order valence-corrected chi connectivity index (χ2v) is 6.16. The summed E-state index contributed by atoms with van der Waals surface area (Å²) < 4.78 is 18.3. The Morgan fingerprint density at radius 2 is 2.07 bits per heavy atom. The van der Waals surface area contributed by atoms with Crippen LogP contribution in [0.1, 0.15) is 35.1 Å². The molecule has 27 heavy (non-hydrogen) atoms. The van der Waals surface area contributed by atoms with E-state index in [4.69, 9.17) is 5.11 Å². The van der Waals surface area contributed by atoms with Gasteiger partial charge in [-0.1, -0.05) is 25.8 Å². The molecular formula is C18H17FN4O3S. The van der Waals surface area contributed by atoms with Crippen LogP contribution in [0.5, 0.6) is 0 Å². The molecule has 0 unspecified atom stereocenters. The summed E-state index contributed by atoms with van der Waals surface area (Å²) in [6.07, 6.45) is 0.790. The summed E-state index contributed by atoms with van der Waals surface area (Å²) in [6, 6.07) is 7.78. The van der Waals surface area contributed by atoms with Crippen LogP contribution in [0.3, 0.4) is 0 Å². The molecule has 0 fully saturated rings. The summed E-state index contributed by atoms with van der Waals surface area (Å²) in [5.41, 5.74) is 2.62. The molecule has 9 heteroatoms. The summed E-state index contributed by atoms with van der Waals surface area (Å²) >= 11 is 3.75. The largest absolute Gasteiger partial charge is 0.481 e. The summed E-state index contributed by atoms with van der Waals surface area (Å²) in [5, 5.41) is 13.2. The molecule has 140 valence electrons. The first-order valence-corrected chi connectivity index (χ1v) is 8.72. The minimum Gasteiger partial charge on any atom is -0.481 e. The van der Waals surface area contributed by atoms with Gasteiger partial charge in [-0.15, -0.1) is 0 Å². The lowest BCUT2D eigenvalue weighted by Gasteiger charge is -2.05. The third-order valence-electron chi connectivity index (χ3n) is 4.13. The third kappa shape index (κ3) is 3.92. The highest BCUT2D eigenvalue weighted by molar-refractivity contribution is 7.78. The van der Waals surface area contributed by atoms with Gasteiger partial charge < -0.3 is 5.11 Å². The molecule has 0 spiro atoms. The van der Waals surface area contributed by atoms with Gasteiger partial charge in [0.1, 0.15) is 11.5 Å². The number of fused-ring (bicyclic) bond motifs is 1. The molecule has 7 nitrogen and oxygen atoms in total. The average Bonchev–Trinajstić information content (AvgIpc) is 3.08. The van der Waals surface area contributed by atoms with Gasteiger partial charge in [-0.3, -0.25) is 14.3 Å². The van der Waals surface area contributed by atoms with E-state index < -0.39 is 17.7 Å². The zero-order chi connectivity index (χ0) is 19.6. The van der Waals surface area contributed by atoms with Crippen LogP contribution in [0.4, 0.5) is 4.39 Å². The Kier molecular flexibility index (Phi) is 5.41. The van der Waals surface area contributed by atoms with Crippen molar-refractivity contribution in [1.29, 1.82) is 0 Å². The van der Waals surface area contributed by atoms with Crippen LogP contribution >= 0.6 is 12.8 Å². The topological polar surface area (TPSA) is 96.6 Å². The van der Waals surface area contributed by atoms with Crippen molar-refractivity contribution in [1.82, 2.24) is 19.3 Å². The molecule has 3 rings (SSSR count). The SMILES string of the molecule is CCc1cc(C(=O)NS)nc2cc(-c3ccc(CCC(=O)O)cc3F)nn12. The number of aromatic nitrogens is 3. The van der Waals surface area contributed by atoms with Crippen molar-refractivity contribution in [3.05, 3.63) is 53.1 Å². The number of hydrogen-bond donors (Lipinski definition) is 3. The Hall–Kier alpha value is -2.94. The average molecular weight is 388 g/mol. The van der Waals surface area contributed by atoms with E-state index in [0.29, 0.717) is 23.3 Å². The van der Waals surface area contributed by atoms with E-state index in [1.807, 2.05) is 6.92 Å². The van der Waals surface area contributed by atoms with Crippen LogP contribution in [0, 0.1) is 5.82 Å². The zero-order valence-electron chi connectivity index (χ0n) is 14.4. The van der Waals surface area contributed by atoms with Gasteiger partial charge in [-0.05, 0) is 36.6 Å². The fraction of sp³-hybridized carbons (Fsp3) is 0.222. The second kappa shape index (κ2) is 7.75. The number of carbonyl (C=O) groups is 2. The number of benzene rings is 1. The number of aryl methyl sites for hydroxylation is 2. The summed E-state index contributed by atoms with van der Waals surface area (Å²) in [4.78, 5) is 26.7. The molecule has 0 aliphatic rings. The Morgan fingerprint density at radius 3 is 2.70 bits per heavy atom. The van der Waals surface area contributed by atoms with Crippen molar-refractivity contribution < 1.29 is 19.1 Å². The first kappa shape index (κ1) is 18.8. The van der Waals surface area contributed by atoms with Crippen LogP contribution in [-0.4, -0.2) is 31.6 Å². The number of aliphatic carboxylic acids is 1. The number of thiol groups is 1. The Bertz CT molecular complexity index is 1030. The van der Waals surface area contributed by atoms with Crippen LogP contribution in [-0.2, 0) is 17.6 Å². The van der Waals surface area contributed by atoms with Gasteiger partial charge >= 0.3 is 5.97 Å². The minimum atomic E-state index is -0.931. The Morgan fingerprint density at radius 1 is 1.30 bits per heavy atom. The maximum Gasteiger partial charge on any atom is 0.303 e. The van der Waals surface area contributed by atoms with Crippen molar-refractivity contribution in [2.75, 3.05) is 0 Å². The summed E-state index contributed by atoms with van der Waals surface area (Å²) in [7, 11) is 0. The molecule has 2 N–H and O–H groups in total.